The smallest absolute Gasteiger partial charge is 0.244 e. The van der Waals surface area contributed by atoms with Crippen LogP contribution in [0.25, 0.3) is 0 Å². The standard InChI is InChI=1S/C16H18ClFN2O2S/c1-20(2)11-14(12-7-4-3-5-8-12)19-23(21,22)15-10-6-9-13(17)16(15)18/h3-10,14,19H,11H2,1-2H3/t14-/m0/s1. The number of rotatable bonds is 6. The van der Waals surface area contributed by atoms with Crippen LogP contribution in [0, 0.1) is 5.82 Å². The molecule has 0 heterocycles. The fraction of sp³-hybridized carbons (Fsp3) is 0.250. The summed E-state index contributed by atoms with van der Waals surface area (Å²) in [6, 6.07) is 12.6. The lowest BCUT2D eigenvalue weighted by molar-refractivity contribution is 0.363. The van der Waals surface area contributed by atoms with Gasteiger partial charge in [-0.15, -0.1) is 0 Å². The third-order valence-electron chi connectivity index (χ3n) is 3.25. The van der Waals surface area contributed by atoms with Crippen LogP contribution >= 0.6 is 11.6 Å². The Morgan fingerprint density at radius 1 is 1.13 bits per heavy atom. The number of hydrogen-bond acceptors (Lipinski definition) is 3. The van der Waals surface area contributed by atoms with Crippen molar-refractivity contribution < 1.29 is 12.8 Å². The molecular weight excluding hydrogens is 339 g/mol. The van der Waals surface area contributed by atoms with E-state index in [-0.39, 0.29) is 5.02 Å². The van der Waals surface area contributed by atoms with Crippen LogP contribution in [0.3, 0.4) is 0 Å². The number of nitrogens with zero attached hydrogens (tertiary/aromatic N) is 1. The van der Waals surface area contributed by atoms with Crippen LogP contribution in [0.5, 0.6) is 0 Å². The van der Waals surface area contributed by atoms with Crippen molar-refractivity contribution in [3.8, 4) is 0 Å². The van der Waals surface area contributed by atoms with Crippen molar-refractivity contribution in [1.82, 2.24) is 9.62 Å². The first kappa shape index (κ1) is 17.9. The zero-order valence-electron chi connectivity index (χ0n) is 12.8. The molecule has 0 aromatic heterocycles. The number of halogens is 2. The van der Waals surface area contributed by atoms with E-state index in [2.05, 4.69) is 4.72 Å². The van der Waals surface area contributed by atoms with Crippen molar-refractivity contribution in [1.29, 1.82) is 0 Å². The molecule has 2 aromatic carbocycles. The molecule has 1 N–H and O–H groups in total. The molecule has 0 amide bonds. The SMILES string of the molecule is CN(C)C[C@H](NS(=O)(=O)c1cccc(Cl)c1F)c1ccccc1. The second-order valence-corrected chi connectivity index (χ2v) is 7.49. The molecule has 7 heteroatoms. The topological polar surface area (TPSA) is 49.4 Å². The molecular formula is C16H18ClFN2O2S. The first-order valence-corrected chi connectivity index (χ1v) is 8.83. The Balaban J connectivity index is 2.36. The molecule has 0 spiro atoms. The number of sulfonamides is 1. The first-order chi connectivity index (χ1) is 10.8. The van der Waals surface area contributed by atoms with E-state index < -0.39 is 26.8 Å². The molecule has 0 bridgehead atoms. The van der Waals surface area contributed by atoms with Gasteiger partial charge in [0.2, 0.25) is 10.0 Å². The first-order valence-electron chi connectivity index (χ1n) is 6.97. The number of benzene rings is 2. The van der Waals surface area contributed by atoms with Crippen LogP contribution in [-0.2, 0) is 10.0 Å². The summed E-state index contributed by atoms with van der Waals surface area (Å²) in [5.41, 5.74) is 0.798. The van der Waals surface area contributed by atoms with Crippen LogP contribution < -0.4 is 4.72 Å². The zero-order chi connectivity index (χ0) is 17.0. The van der Waals surface area contributed by atoms with Gasteiger partial charge in [0.1, 0.15) is 4.90 Å². The van der Waals surface area contributed by atoms with Gasteiger partial charge in [-0.2, -0.15) is 0 Å². The van der Waals surface area contributed by atoms with E-state index in [9.17, 15) is 12.8 Å². The minimum Gasteiger partial charge on any atom is -0.307 e. The summed E-state index contributed by atoms with van der Waals surface area (Å²) in [4.78, 5) is 1.40. The number of hydrogen-bond donors (Lipinski definition) is 1. The van der Waals surface area contributed by atoms with Gasteiger partial charge >= 0.3 is 0 Å². The second kappa shape index (κ2) is 7.40. The van der Waals surface area contributed by atoms with Crippen molar-refractivity contribution >= 4 is 21.6 Å². The lowest BCUT2D eigenvalue weighted by Gasteiger charge is -2.23. The van der Waals surface area contributed by atoms with Crippen molar-refractivity contribution in [3.63, 3.8) is 0 Å². The van der Waals surface area contributed by atoms with Gasteiger partial charge in [-0.05, 0) is 31.8 Å². The molecule has 124 valence electrons. The van der Waals surface area contributed by atoms with Crippen LogP contribution in [0.2, 0.25) is 5.02 Å². The molecule has 0 radical (unpaired) electrons. The molecule has 4 nitrogen and oxygen atoms in total. The molecule has 2 rings (SSSR count). The summed E-state index contributed by atoms with van der Waals surface area (Å²) in [5, 5.41) is -0.225. The van der Waals surface area contributed by atoms with Crippen LogP contribution in [0.4, 0.5) is 4.39 Å². The summed E-state index contributed by atoms with van der Waals surface area (Å²) >= 11 is 5.68. The molecule has 0 saturated heterocycles. The lowest BCUT2D eigenvalue weighted by Crippen LogP contribution is -2.35. The van der Waals surface area contributed by atoms with Gasteiger partial charge in [0.15, 0.2) is 5.82 Å². The highest BCUT2D eigenvalue weighted by Crippen LogP contribution is 2.24. The van der Waals surface area contributed by atoms with Gasteiger partial charge in [-0.3, -0.25) is 0 Å². The molecule has 0 unspecified atom stereocenters. The summed E-state index contributed by atoms with van der Waals surface area (Å²) < 4.78 is 41.7. The predicted molar refractivity (Wildman–Crippen MR) is 89.5 cm³/mol. The quantitative estimate of drug-likeness (QED) is 0.865. The summed E-state index contributed by atoms with van der Waals surface area (Å²) in [7, 11) is -0.368. The van der Waals surface area contributed by atoms with Gasteiger partial charge in [0.25, 0.3) is 0 Å². The van der Waals surface area contributed by atoms with E-state index in [1.54, 1.807) is 0 Å². The van der Waals surface area contributed by atoms with Crippen molar-refractivity contribution in [2.24, 2.45) is 0 Å². The van der Waals surface area contributed by atoms with E-state index in [0.29, 0.717) is 6.54 Å². The molecule has 0 fully saturated rings. The molecule has 0 saturated carbocycles. The summed E-state index contributed by atoms with van der Waals surface area (Å²) in [6.07, 6.45) is 0. The zero-order valence-corrected chi connectivity index (χ0v) is 14.4. The highest BCUT2D eigenvalue weighted by Gasteiger charge is 2.25. The minimum absolute atomic E-state index is 0.225. The Morgan fingerprint density at radius 3 is 2.39 bits per heavy atom. The van der Waals surface area contributed by atoms with E-state index in [1.165, 1.54) is 18.2 Å². The number of nitrogens with one attached hydrogen (secondary N) is 1. The van der Waals surface area contributed by atoms with E-state index >= 15 is 0 Å². The van der Waals surface area contributed by atoms with Crippen LogP contribution in [-0.4, -0.2) is 34.0 Å². The molecule has 0 aliphatic heterocycles. The third-order valence-corrected chi connectivity index (χ3v) is 5.03. The Hall–Kier alpha value is -1.47. The van der Waals surface area contributed by atoms with Crippen molar-refractivity contribution in [3.05, 3.63) is 64.9 Å². The van der Waals surface area contributed by atoms with E-state index in [0.717, 1.165) is 5.56 Å². The average Bonchev–Trinajstić information content (AvgIpc) is 2.49. The van der Waals surface area contributed by atoms with Crippen LogP contribution in [0.15, 0.2) is 53.4 Å². The van der Waals surface area contributed by atoms with Gasteiger partial charge in [0.05, 0.1) is 11.1 Å². The van der Waals surface area contributed by atoms with Gasteiger partial charge in [-0.25, -0.2) is 17.5 Å². The molecule has 0 aliphatic rings. The molecule has 2 aromatic rings. The second-order valence-electron chi connectivity index (χ2n) is 5.40. The van der Waals surface area contributed by atoms with Crippen molar-refractivity contribution in [2.75, 3.05) is 20.6 Å². The monoisotopic (exact) mass is 356 g/mol. The normalized spacial score (nSPS) is 13.3. The Labute approximate surface area is 140 Å². The fourth-order valence-corrected chi connectivity index (χ4v) is 3.75. The third kappa shape index (κ3) is 4.51. The number of likely N-dealkylation sites (N-methyl/N-ethyl adjacent to an activating group) is 1. The minimum atomic E-state index is -4.04. The fourth-order valence-electron chi connectivity index (χ4n) is 2.20. The molecule has 0 aliphatic carbocycles. The summed E-state index contributed by atoms with van der Waals surface area (Å²) in [5.74, 6) is -0.946. The molecule has 1 atom stereocenters. The maximum atomic E-state index is 14.1. The Morgan fingerprint density at radius 2 is 1.78 bits per heavy atom. The lowest BCUT2D eigenvalue weighted by atomic mass is 10.1. The maximum Gasteiger partial charge on any atom is 0.244 e. The molecule has 23 heavy (non-hydrogen) atoms. The highest BCUT2D eigenvalue weighted by atomic mass is 35.5. The summed E-state index contributed by atoms with van der Waals surface area (Å²) in [6.45, 7) is 0.436. The average molecular weight is 357 g/mol. The maximum absolute atomic E-state index is 14.1. The van der Waals surface area contributed by atoms with Gasteiger partial charge in [0, 0.05) is 6.54 Å². The van der Waals surface area contributed by atoms with Crippen molar-refractivity contribution in [2.45, 2.75) is 10.9 Å². The van der Waals surface area contributed by atoms with E-state index in [4.69, 9.17) is 11.6 Å². The largest absolute Gasteiger partial charge is 0.307 e. The predicted octanol–water partition coefficient (Wildman–Crippen LogP) is 3.06. The highest BCUT2D eigenvalue weighted by molar-refractivity contribution is 7.89. The Kier molecular flexibility index (Phi) is 5.75. The van der Waals surface area contributed by atoms with E-state index in [1.807, 2.05) is 49.3 Å². The van der Waals surface area contributed by atoms with Crippen LogP contribution in [0.1, 0.15) is 11.6 Å². The Bertz CT molecular complexity index is 767. The van der Waals surface area contributed by atoms with Gasteiger partial charge < -0.3 is 4.90 Å². The van der Waals surface area contributed by atoms with Gasteiger partial charge in [-0.1, -0.05) is 48.0 Å².